The first-order valence-corrected chi connectivity index (χ1v) is 7.52. The van der Waals surface area contributed by atoms with Gasteiger partial charge in [-0.3, -0.25) is 0 Å². The first kappa shape index (κ1) is 16.8. The van der Waals surface area contributed by atoms with Crippen LogP contribution in [0.5, 0.6) is 0 Å². The van der Waals surface area contributed by atoms with Gasteiger partial charge in [-0.1, -0.05) is 30.3 Å². The van der Waals surface area contributed by atoms with Gasteiger partial charge in [0.25, 0.3) is 0 Å². The standard InChI is InChI=1S/C16H24BNO2.ClH/c1-15(2)16(3,4)20-17(19-15)14-11-18-10-13(14)12-8-6-5-7-9-12;/h5-9,13-14,18H,10-11H2,1-4H3;1H. The number of rotatable bonds is 2. The molecule has 2 atom stereocenters. The molecule has 5 heteroatoms. The van der Waals surface area contributed by atoms with Crippen LogP contribution in [0.25, 0.3) is 0 Å². The molecule has 21 heavy (non-hydrogen) atoms. The highest BCUT2D eigenvalue weighted by molar-refractivity contribution is 6.48. The van der Waals surface area contributed by atoms with Crippen LogP contribution in [0.3, 0.4) is 0 Å². The fourth-order valence-electron chi connectivity index (χ4n) is 3.11. The van der Waals surface area contributed by atoms with Crippen LogP contribution >= 0.6 is 12.4 Å². The van der Waals surface area contributed by atoms with Crippen LogP contribution < -0.4 is 5.32 Å². The second-order valence-corrected chi connectivity index (χ2v) is 6.96. The molecular formula is C16H25BClNO2. The summed E-state index contributed by atoms with van der Waals surface area (Å²) in [5.74, 6) is 0.837. The quantitative estimate of drug-likeness (QED) is 0.851. The van der Waals surface area contributed by atoms with Crippen LogP contribution in [-0.2, 0) is 9.31 Å². The fourth-order valence-corrected chi connectivity index (χ4v) is 3.11. The zero-order valence-electron chi connectivity index (χ0n) is 13.3. The van der Waals surface area contributed by atoms with Gasteiger partial charge in [0, 0.05) is 12.4 Å². The van der Waals surface area contributed by atoms with E-state index in [0.717, 1.165) is 13.1 Å². The van der Waals surface area contributed by atoms with E-state index in [0.29, 0.717) is 11.7 Å². The molecule has 0 saturated carbocycles. The summed E-state index contributed by atoms with van der Waals surface area (Å²) in [4.78, 5) is 0. The topological polar surface area (TPSA) is 30.5 Å². The Labute approximate surface area is 134 Å². The molecule has 3 nitrogen and oxygen atoms in total. The van der Waals surface area contributed by atoms with Gasteiger partial charge >= 0.3 is 7.12 Å². The number of hydrogen-bond acceptors (Lipinski definition) is 3. The zero-order chi connectivity index (χ0) is 14.4. The fraction of sp³-hybridized carbons (Fsp3) is 0.625. The Morgan fingerprint density at radius 2 is 1.57 bits per heavy atom. The number of nitrogens with one attached hydrogen (secondary N) is 1. The van der Waals surface area contributed by atoms with Crippen LogP contribution in [0, 0.1) is 0 Å². The van der Waals surface area contributed by atoms with Gasteiger partial charge in [0.15, 0.2) is 0 Å². The predicted octanol–water partition coefficient (Wildman–Crippen LogP) is 3.26. The Kier molecular flexibility index (Phi) is 4.74. The van der Waals surface area contributed by atoms with Gasteiger partial charge < -0.3 is 14.6 Å². The van der Waals surface area contributed by atoms with E-state index in [2.05, 4.69) is 63.3 Å². The lowest BCUT2D eigenvalue weighted by Gasteiger charge is -2.32. The first-order valence-electron chi connectivity index (χ1n) is 7.52. The second kappa shape index (κ2) is 5.92. The molecule has 1 aromatic rings. The van der Waals surface area contributed by atoms with Crippen LogP contribution in [0.4, 0.5) is 0 Å². The minimum Gasteiger partial charge on any atom is -0.403 e. The molecule has 1 N–H and O–H groups in total. The van der Waals surface area contributed by atoms with Crippen molar-refractivity contribution in [2.45, 2.75) is 50.6 Å². The van der Waals surface area contributed by atoms with Crippen LogP contribution in [0.15, 0.2) is 30.3 Å². The van der Waals surface area contributed by atoms with E-state index < -0.39 is 0 Å². The van der Waals surface area contributed by atoms with Crippen molar-refractivity contribution in [3.05, 3.63) is 35.9 Å². The molecule has 0 spiro atoms. The number of halogens is 1. The lowest BCUT2D eigenvalue weighted by Crippen LogP contribution is -2.41. The molecule has 0 radical (unpaired) electrons. The lowest BCUT2D eigenvalue weighted by molar-refractivity contribution is 0.00578. The summed E-state index contributed by atoms with van der Waals surface area (Å²) in [7, 11) is -0.125. The molecule has 2 saturated heterocycles. The Morgan fingerprint density at radius 1 is 1.00 bits per heavy atom. The molecule has 2 fully saturated rings. The maximum absolute atomic E-state index is 6.24. The molecule has 116 valence electrons. The molecule has 1 aromatic carbocycles. The minimum atomic E-state index is -0.249. The van der Waals surface area contributed by atoms with E-state index in [9.17, 15) is 0 Å². The molecule has 0 amide bonds. The average molecular weight is 310 g/mol. The van der Waals surface area contributed by atoms with Gasteiger partial charge in [-0.15, -0.1) is 12.4 Å². The third kappa shape index (κ3) is 3.00. The van der Waals surface area contributed by atoms with E-state index in [1.54, 1.807) is 0 Å². The van der Waals surface area contributed by atoms with Gasteiger partial charge in [-0.05, 0) is 45.7 Å². The summed E-state index contributed by atoms with van der Waals surface area (Å²) < 4.78 is 12.5. The molecular weight excluding hydrogens is 284 g/mol. The highest BCUT2D eigenvalue weighted by Crippen LogP contribution is 2.45. The molecule has 2 unspecified atom stereocenters. The van der Waals surface area contributed by atoms with Crippen LogP contribution in [-0.4, -0.2) is 31.4 Å². The van der Waals surface area contributed by atoms with E-state index in [-0.39, 0.29) is 30.7 Å². The Morgan fingerprint density at radius 3 is 2.14 bits per heavy atom. The van der Waals surface area contributed by atoms with Crippen molar-refractivity contribution in [1.29, 1.82) is 0 Å². The molecule has 0 bridgehead atoms. The van der Waals surface area contributed by atoms with Crippen molar-refractivity contribution in [3.63, 3.8) is 0 Å². The molecule has 2 heterocycles. The molecule has 3 rings (SSSR count). The summed E-state index contributed by atoms with van der Waals surface area (Å²) in [6.45, 7) is 10.4. The molecule has 0 aliphatic carbocycles. The highest BCUT2D eigenvalue weighted by atomic mass is 35.5. The normalized spacial score (nSPS) is 30.2. The smallest absolute Gasteiger partial charge is 0.403 e. The van der Waals surface area contributed by atoms with Crippen molar-refractivity contribution in [3.8, 4) is 0 Å². The summed E-state index contributed by atoms with van der Waals surface area (Å²) in [6.07, 6.45) is 0. The van der Waals surface area contributed by atoms with Crippen molar-refractivity contribution in [2.75, 3.05) is 13.1 Å². The van der Waals surface area contributed by atoms with Gasteiger partial charge in [0.05, 0.1) is 11.2 Å². The number of benzene rings is 1. The summed E-state index contributed by atoms with van der Waals surface area (Å²) in [5.41, 5.74) is 0.875. The van der Waals surface area contributed by atoms with Gasteiger partial charge in [0.2, 0.25) is 0 Å². The largest absolute Gasteiger partial charge is 0.463 e. The maximum atomic E-state index is 6.24. The summed E-state index contributed by atoms with van der Waals surface area (Å²) in [5, 5.41) is 3.49. The molecule has 0 aromatic heterocycles. The summed E-state index contributed by atoms with van der Waals surface area (Å²) in [6, 6.07) is 10.7. The lowest BCUT2D eigenvalue weighted by atomic mass is 9.65. The van der Waals surface area contributed by atoms with Crippen molar-refractivity contribution in [1.82, 2.24) is 5.32 Å². The van der Waals surface area contributed by atoms with Crippen molar-refractivity contribution < 1.29 is 9.31 Å². The molecule has 2 aliphatic heterocycles. The minimum absolute atomic E-state index is 0. The van der Waals surface area contributed by atoms with Gasteiger partial charge in [-0.2, -0.15) is 0 Å². The average Bonchev–Trinajstić information content (AvgIpc) is 2.94. The SMILES string of the molecule is CC1(C)OB(C2CNCC2c2ccccc2)OC1(C)C.Cl. The van der Waals surface area contributed by atoms with E-state index in [1.165, 1.54) is 5.56 Å². The predicted molar refractivity (Wildman–Crippen MR) is 89.1 cm³/mol. The monoisotopic (exact) mass is 309 g/mol. The maximum Gasteiger partial charge on any atom is 0.463 e. The third-order valence-corrected chi connectivity index (χ3v) is 5.11. The van der Waals surface area contributed by atoms with Crippen molar-refractivity contribution >= 4 is 19.5 Å². The van der Waals surface area contributed by atoms with Gasteiger partial charge in [0.1, 0.15) is 0 Å². The van der Waals surface area contributed by atoms with E-state index >= 15 is 0 Å². The third-order valence-electron chi connectivity index (χ3n) is 5.11. The Bertz CT molecular complexity index is 464. The van der Waals surface area contributed by atoms with Gasteiger partial charge in [-0.25, -0.2) is 0 Å². The highest BCUT2D eigenvalue weighted by Gasteiger charge is 2.55. The zero-order valence-corrected chi connectivity index (χ0v) is 14.1. The second-order valence-electron chi connectivity index (χ2n) is 6.96. The Hall–Kier alpha value is -0.545. The Balaban J connectivity index is 0.00000161. The van der Waals surface area contributed by atoms with Crippen LogP contribution in [0.1, 0.15) is 39.2 Å². The van der Waals surface area contributed by atoms with Crippen molar-refractivity contribution in [2.24, 2.45) is 0 Å². The number of hydrogen-bond donors (Lipinski definition) is 1. The van der Waals surface area contributed by atoms with Crippen LogP contribution in [0.2, 0.25) is 5.82 Å². The van der Waals surface area contributed by atoms with E-state index in [1.807, 2.05) is 0 Å². The summed E-state index contributed by atoms with van der Waals surface area (Å²) >= 11 is 0. The molecule has 2 aliphatic rings. The first-order chi connectivity index (χ1) is 9.41. The van der Waals surface area contributed by atoms with E-state index in [4.69, 9.17) is 9.31 Å².